The minimum absolute atomic E-state index is 0.493. The Bertz CT molecular complexity index is 219. The molecule has 1 rings (SSSR count). The van der Waals surface area contributed by atoms with Gasteiger partial charge < -0.3 is 0 Å². The van der Waals surface area contributed by atoms with Crippen LogP contribution >= 0.6 is 0 Å². The second-order valence-corrected chi connectivity index (χ2v) is 5.50. The van der Waals surface area contributed by atoms with Crippen LogP contribution in [0.25, 0.3) is 0 Å². The third-order valence-corrected chi connectivity index (χ3v) is 3.54. The SMILES string of the molecule is CC1CC(C)CC(N(CC#N)C(C)C)C1. The van der Waals surface area contributed by atoms with Gasteiger partial charge >= 0.3 is 0 Å². The third kappa shape index (κ3) is 3.50. The highest BCUT2D eigenvalue weighted by Crippen LogP contribution is 2.32. The minimum atomic E-state index is 0.493. The molecule has 2 nitrogen and oxygen atoms in total. The fourth-order valence-electron chi connectivity index (χ4n) is 2.99. The van der Waals surface area contributed by atoms with Gasteiger partial charge in [0, 0.05) is 12.1 Å². The zero-order valence-corrected chi connectivity index (χ0v) is 10.5. The van der Waals surface area contributed by atoms with Crippen LogP contribution in [0.1, 0.15) is 47.0 Å². The molecule has 0 heterocycles. The van der Waals surface area contributed by atoms with Crippen molar-refractivity contribution in [1.29, 1.82) is 5.26 Å². The predicted molar refractivity (Wildman–Crippen MR) is 63.4 cm³/mol. The second-order valence-electron chi connectivity index (χ2n) is 5.50. The Morgan fingerprint density at radius 2 is 1.73 bits per heavy atom. The average molecular weight is 208 g/mol. The van der Waals surface area contributed by atoms with Gasteiger partial charge in [0.15, 0.2) is 0 Å². The van der Waals surface area contributed by atoms with Gasteiger partial charge in [-0.15, -0.1) is 0 Å². The summed E-state index contributed by atoms with van der Waals surface area (Å²) in [4.78, 5) is 2.37. The van der Waals surface area contributed by atoms with Crippen molar-refractivity contribution in [2.24, 2.45) is 11.8 Å². The van der Waals surface area contributed by atoms with E-state index in [-0.39, 0.29) is 0 Å². The van der Waals surface area contributed by atoms with Crippen LogP contribution in [0.2, 0.25) is 0 Å². The summed E-state index contributed by atoms with van der Waals surface area (Å²) in [7, 11) is 0. The van der Waals surface area contributed by atoms with Crippen LogP contribution in [0.15, 0.2) is 0 Å². The van der Waals surface area contributed by atoms with Crippen LogP contribution in [-0.2, 0) is 0 Å². The Hall–Kier alpha value is -0.550. The van der Waals surface area contributed by atoms with Crippen molar-refractivity contribution in [1.82, 2.24) is 4.90 Å². The van der Waals surface area contributed by atoms with Crippen LogP contribution in [0.4, 0.5) is 0 Å². The third-order valence-electron chi connectivity index (χ3n) is 3.54. The highest BCUT2D eigenvalue weighted by molar-refractivity contribution is 4.88. The van der Waals surface area contributed by atoms with E-state index < -0.39 is 0 Å². The lowest BCUT2D eigenvalue weighted by atomic mass is 9.79. The Kier molecular flexibility index (Phi) is 4.60. The van der Waals surface area contributed by atoms with Crippen molar-refractivity contribution in [3.05, 3.63) is 0 Å². The van der Waals surface area contributed by atoms with Crippen molar-refractivity contribution >= 4 is 0 Å². The lowest BCUT2D eigenvalue weighted by Gasteiger charge is -2.40. The van der Waals surface area contributed by atoms with Crippen molar-refractivity contribution in [3.63, 3.8) is 0 Å². The predicted octanol–water partition coefficient (Wildman–Crippen LogP) is 3.05. The quantitative estimate of drug-likeness (QED) is 0.667. The first-order valence-corrected chi connectivity index (χ1v) is 6.17. The van der Waals surface area contributed by atoms with Crippen LogP contribution < -0.4 is 0 Å². The molecule has 2 atom stereocenters. The van der Waals surface area contributed by atoms with E-state index in [2.05, 4.69) is 38.7 Å². The molecule has 0 aromatic carbocycles. The number of hydrogen-bond donors (Lipinski definition) is 0. The van der Waals surface area contributed by atoms with Gasteiger partial charge in [0.25, 0.3) is 0 Å². The Morgan fingerprint density at radius 1 is 1.20 bits per heavy atom. The van der Waals surface area contributed by atoms with E-state index in [4.69, 9.17) is 5.26 Å². The molecule has 0 aromatic rings. The highest BCUT2D eigenvalue weighted by atomic mass is 15.2. The van der Waals surface area contributed by atoms with E-state index >= 15 is 0 Å². The first-order chi connectivity index (χ1) is 7.04. The molecule has 2 unspecified atom stereocenters. The molecule has 0 aliphatic heterocycles. The molecule has 15 heavy (non-hydrogen) atoms. The average Bonchev–Trinajstić information content (AvgIpc) is 2.11. The Balaban J connectivity index is 2.62. The maximum Gasteiger partial charge on any atom is 0.0870 e. The zero-order chi connectivity index (χ0) is 11.4. The standard InChI is InChI=1S/C13H24N2/c1-10(2)15(6-5-14)13-8-11(3)7-12(4)9-13/h10-13H,6-9H2,1-4H3. The molecule has 2 heteroatoms. The van der Waals surface area contributed by atoms with Crippen LogP contribution in [0, 0.1) is 23.2 Å². The Morgan fingerprint density at radius 3 is 2.13 bits per heavy atom. The number of hydrogen-bond acceptors (Lipinski definition) is 2. The van der Waals surface area contributed by atoms with Crippen molar-refractivity contribution in [3.8, 4) is 6.07 Å². The van der Waals surface area contributed by atoms with E-state index in [9.17, 15) is 0 Å². The van der Waals surface area contributed by atoms with Gasteiger partial charge in [-0.05, 0) is 44.9 Å². The van der Waals surface area contributed by atoms with Gasteiger partial charge in [0.2, 0.25) is 0 Å². The number of nitriles is 1. The maximum absolute atomic E-state index is 8.86. The molecular weight excluding hydrogens is 184 g/mol. The summed E-state index contributed by atoms with van der Waals surface area (Å²) in [5, 5.41) is 8.86. The second kappa shape index (κ2) is 5.51. The van der Waals surface area contributed by atoms with Gasteiger partial charge in [-0.3, -0.25) is 4.90 Å². The van der Waals surface area contributed by atoms with Gasteiger partial charge in [0.1, 0.15) is 0 Å². The molecule has 0 aromatic heterocycles. The van der Waals surface area contributed by atoms with E-state index in [0.29, 0.717) is 18.6 Å². The molecule has 1 saturated carbocycles. The van der Waals surface area contributed by atoms with E-state index in [1.54, 1.807) is 0 Å². The van der Waals surface area contributed by atoms with Crippen LogP contribution in [-0.4, -0.2) is 23.5 Å². The summed E-state index contributed by atoms with van der Waals surface area (Å²) in [5.74, 6) is 1.64. The normalized spacial score (nSPS) is 31.9. The van der Waals surface area contributed by atoms with Crippen molar-refractivity contribution < 1.29 is 0 Å². The summed E-state index contributed by atoms with van der Waals surface area (Å²) < 4.78 is 0. The maximum atomic E-state index is 8.86. The molecular formula is C13H24N2. The molecule has 86 valence electrons. The zero-order valence-electron chi connectivity index (χ0n) is 10.5. The fourth-order valence-corrected chi connectivity index (χ4v) is 2.99. The molecule has 1 aliphatic rings. The summed E-state index contributed by atoms with van der Waals surface area (Å²) in [5.41, 5.74) is 0. The Labute approximate surface area is 94.3 Å². The monoisotopic (exact) mass is 208 g/mol. The molecule has 0 bridgehead atoms. The van der Waals surface area contributed by atoms with Crippen molar-refractivity contribution in [2.75, 3.05) is 6.54 Å². The molecule has 1 aliphatic carbocycles. The largest absolute Gasteiger partial charge is 0.285 e. The molecule has 1 fully saturated rings. The lowest BCUT2D eigenvalue weighted by molar-refractivity contribution is 0.0959. The summed E-state index contributed by atoms with van der Waals surface area (Å²) >= 11 is 0. The van der Waals surface area contributed by atoms with E-state index in [1.165, 1.54) is 19.3 Å². The lowest BCUT2D eigenvalue weighted by Crippen LogP contribution is -2.44. The van der Waals surface area contributed by atoms with Crippen molar-refractivity contribution in [2.45, 2.75) is 59.0 Å². The van der Waals surface area contributed by atoms with Gasteiger partial charge in [-0.1, -0.05) is 13.8 Å². The topological polar surface area (TPSA) is 27.0 Å². The number of nitrogens with zero attached hydrogens (tertiary/aromatic N) is 2. The van der Waals surface area contributed by atoms with Crippen LogP contribution in [0.3, 0.4) is 0 Å². The smallest absolute Gasteiger partial charge is 0.0870 e. The minimum Gasteiger partial charge on any atom is -0.285 e. The summed E-state index contributed by atoms with van der Waals surface area (Å²) in [6.07, 6.45) is 3.89. The highest BCUT2D eigenvalue weighted by Gasteiger charge is 2.29. The molecule has 0 amide bonds. The van der Waals surface area contributed by atoms with Gasteiger partial charge in [-0.25, -0.2) is 0 Å². The molecule has 0 N–H and O–H groups in total. The molecule has 0 saturated heterocycles. The molecule has 0 spiro atoms. The van der Waals surface area contributed by atoms with Gasteiger partial charge in [0.05, 0.1) is 12.6 Å². The molecule has 0 radical (unpaired) electrons. The summed E-state index contributed by atoms with van der Waals surface area (Å²) in [6.45, 7) is 9.66. The first kappa shape index (κ1) is 12.5. The van der Waals surface area contributed by atoms with Crippen LogP contribution in [0.5, 0.6) is 0 Å². The van der Waals surface area contributed by atoms with Gasteiger partial charge in [-0.2, -0.15) is 5.26 Å². The summed E-state index contributed by atoms with van der Waals surface area (Å²) in [6, 6.07) is 3.42. The fraction of sp³-hybridized carbons (Fsp3) is 0.923. The van der Waals surface area contributed by atoms with E-state index in [1.807, 2.05) is 0 Å². The first-order valence-electron chi connectivity index (χ1n) is 6.17. The van der Waals surface area contributed by atoms with E-state index in [0.717, 1.165) is 11.8 Å². The number of rotatable bonds is 3.